The Morgan fingerprint density at radius 1 is 0.400 bits per heavy atom. The zero-order valence-electron chi connectivity index (χ0n) is 60.5. The van der Waals surface area contributed by atoms with Gasteiger partial charge in [-0.25, -0.2) is 0 Å². The number of aliphatic carboxylic acids is 1. The average molecular weight is 1480 g/mol. The number of para-hydroxylation sites is 1. The number of primary amides is 1. The Morgan fingerprint density at radius 3 is 1.10 bits per heavy atom. The van der Waals surface area contributed by atoms with Gasteiger partial charge >= 0.3 is 5.97 Å². The van der Waals surface area contributed by atoms with Crippen molar-refractivity contribution in [2.75, 3.05) is 39.3 Å². The Bertz CT molecular complexity index is 3400. The fraction of sp³-hybridized carbons (Fsp3) is 0.612. The molecular formula is C67H113N25O13. The monoisotopic (exact) mass is 1480 g/mol. The second-order valence-corrected chi connectivity index (χ2v) is 25.9. The van der Waals surface area contributed by atoms with Gasteiger partial charge in [-0.1, -0.05) is 32.0 Å². The molecule has 0 aliphatic heterocycles. The highest BCUT2D eigenvalue weighted by Crippen LogP contribution is 2.25. The van der Waals surface area contributed by atoms with Gasteiger partial charge in [-0.2, -0.15) is 0 Å². The van der Waals surface area contributed by atoms with Crippen molar-refractivity contribution in [3.05, 3.63) is 36.0 Å². The molecule has 0 fully saturated rings. The molecular weight excluding hydrogens is 1360 g/mol. The molecule has 1 aromatic heterocycles. The maximum absolute atomic E-state index is 15.3. The van der Waals surface area contributed by atoms with Gasteiger partial charge in [0.2, 0.25) is 35.4 Å². The molecule has 105 heavy (non-hydrogen) atoms. The van der Waals surface area contributed by atoms with Crippen LogP contribution in [0.4, 0.5) is 0 Å². The zero-order chi connectivity index (χ0) is 78.7. The number of aromatic amines is 1. The predicted octanol–water partition coefficient (Wildman–Crippen LogP) is -3.48. The first-order chi connectivity index (χ1) is 49.6. The van der Waals surface area contributed by atoms with Crippen molar-refractivity contribution in [3.63, 3.8) is 0 Å². The molecule has 0 radical (unpaired) electrons. The van der Waals surface area contributed by atoms with E-state index in [2.05, 4.69) is 61.5 Å². The zero-order valence-corrected chi connectivity index (χ0v) is 60.5. The summed E-state index contributed by atoms with van der Waals surface area (Å²) in [6.45, 7) is 5.12. The number of nitrogens with one attached hydrogen (secondary N) is 6. The summed E-state index contributed by atoms with van der Waals surface area (Å²) in [5, 5.41) is 24.3. The summed E-state index contributed by atoms with van der Waals surface area (Å²) in [4.78, 5) is 195. The first-order valence-electron chi connectivity index (χ1n) is 35.1. The number of ketones is 5. The van der Waals surface area contributed by atoms with E-state index in [9.17, 15) is 53.1 Å². The lowest BCUT2D eigenvalue weighted by atomic mass is 9.88. The van der Waals surface area contributed by atoms with Crippen molar-refractivity contribution >= 4 is 117 Å². The van der Waals surface area contributed by atoms with Crippen LogP contribution in [0.5, 0.6) is 0 Å². The number of amides is 6. The molecule has 0 bridgehead atoms. The third-order valence-electron chi connectivity index (χ3n) is 17.2. The SMILES string of the molecule is CCC(=O)[C@H](C)NC(=O)[C@H](CCCN=C(N)N)CC(=O)[C@H](CCC(N)=O)NC(=O)[C@H](CCCN=C(N)N)CC(=O)[C@H](CCC(=O)O)NC(=O)[C@H](CCCN=C(N)N)CC(=O)[C@H](Cc1c[nH]c2ccccc12)NC(=O)[C@H](CCCN=C(N)N)CC(=O)[C@H](CCCN=C(N)N)NC(=O)[C@@H](C)CCCN=C(N)N. The molecule has 0 saturated carbocycles. The van der Waals surface area contributed by atoms with E-state index in [4.69, 9.17) is 74.5 Å². The average Bonchev–Trinajstić information content (AvgIpc) is 1.72. The fourth-order valence-corrected chi connectivity index (χ4v) is 11.4. The van der Waals surface area contributed by atoms with Crippen LogP contribution in [0.2, 0.25) is 0 Å². The molecule has 0 aliphatic carbocycles. The lowest BCUT2D eigenvalue weighted by Crippen LogP contribution is -2.49. The minimum Gasteiger partial charge on any atom is -0.481 e. The van der Waals surface area contributed by atoms with Crippen LogP contribution >= 0.6 is 0 Å². The van der Waals surface area contributed by atoms with E-state index in [-0.39, 0.29) is 164 Å². The highest BCUT2D eigenvalue weighted by atomic mass is 16.4. The van der Waals surface area contributed by atoms with Crippen molar-refractivity contribution in [1.29, 1.82) is 0 Å². The van der Waals surface area contributed by atoms with Gasteiger partial charge in [0.05, 0.1) is 30.2 Å². The van der Waals surface area contributed by atoms with Crippen LogP contribution in [-0.4, -0.2) is 186 Å². The van der Waals surface area contributed by atoms with E-state index in [0.29, 0.717) is 29.3 Å². The van der Waals surface area contributed by atoms with Crippen molar-refractivity contribution in [2.45, 2.75) is 192 Å². The number of Topliss-reactive ketones (excluding diaryl/α,β-unsaturated/α-hetero) is 5. The number of aliphatic imine (C=N–C) groups is 6. The van der Waals surface area contributed by atoms with Crippen LogP contribution in [-0.2, 0) is 64.0 Å². The van der Waals surface area contributed by atoms with Crippen LogP contribution < -0.4 is 101 Å². The third-order valence-corrected chi connectivity index (χ3v) is 17.2. The number of carboxylic acid groups (broad SMARTS) is 1. The predicted molar refractivity (Wildman–Crippen MR) is 399 cm³/mol. The minimum atomic E-state index is -1.65. The van der Waals surface area contributed by atoms with E-state index in [1.807, 2.05) is 0 Å². The molecule has 0 aliphatic rings. The molecule has 0 spiro atoms. The second-order valence-electron chi connectivity index (χ2n) is 25.9. The van der Waals surface area contributed by atoms with E-state index in [1.54, 1.807) is 44.3 Å². The van der Waals surface area contributed by atoms with Crippen LogP contribution in [0.3, 0.4) is 0 Å². The quantitative estimate of drug-likeness (QED) is 0.0174. The molecule has 2 rings (SSSR count). The Balaban J connectivity index is 2.78. The van der Waals surface area contributed by atoms with Gasteiger partial charge in [0.25, 0.3) is 0 Å². The van der Waals surface area contributed by atoms with E-state index in [0.717, 1.165) is 0 Å². The fourth-order valence-electron chi connectivity index (χ4n) is 11.4. The molecule has 0 saturated heterocycles. The van der Waals surface area contributed by atoms with E-state index >= 15 is 9.59 Å². The van der Waals surface area contributed by atoms with Crippen LogP contribution in [0.1, 0.15) is 161 Å². The van der Waals surface area contributed by atoms with Gasteiger partial charge < -0.3 is 111 Å². The van der Waals surface area contributed by atoms with Gasteiger partial charge in [-0.15, -0.1) is 0 Å². The summed E-state index contributed by atoms with van der Waals surface area (Å²) < 4.78 is 0. The number of carbonyl (C=O) groups excluding carboxylic acids is 11. The molecule has 2 aromatic rings. The topological polar surface area (TPSA) is 713 Å². The smallest absolute Gasteiger partial charge is 0.303 e. The molecule has 0 unspecified atom stereocenters. The summed E-state index contributed by atoms with van der Waals surface area (Å²) in [5.41, 5.74) is 73.6. The Kier molecular flexibility index (Phi) is 41.9. The number of nitrogens with two attached hydrogens (primary N) is 13. The van der Waals surface area contributed by atoms with E-state index < -0.39 is 169 Å². The van der Waals surface area contributed by atoms with Gasteiger partial charge in [0.1, 0.15) is 0 Å². The highest BCUT2D eigenvalue weighted by molar-refractivity contribution is 5.99. The second kappa shape index (κ2) is 48.8. The number of guanidine groups is 6. The number of H-pyrrole nitrogens is 1. The maximum atomic E-state index is 15.3. The lowest BCUT2D eigenvalue weighted by Gasteiger charge is -2.27. The number of aromatic nitrogens is 1. The van der Waals surface area contributed by atoms with Crippen molar-refractivity contribution in [3.8, 4) is 0 Å². The Hall–Kier alpha value is -11.0. The Morgan fingerprint density at radius 2 is 0.724 bits per heavy atom. The molecule has 1 aromatic carbocycles. The molecule has 10 atom stereocenters. The number of carboxylic acids is 1. The van der Waals surface area contributed by atoms with Crippen LogP contribution in [0, 0.1) is 29.6 Å². The normalized spacial score (nSPS) is 13.8. The summed E-state index contributed by atoms with van der Waals surface area (Å²) >= 11 is 0. The number of fused-ring (bicyclic) bond motifs is 1. The van der Waals surface area contributed by atoms with Gasteiger partial charge in [-0.3, -0.25) is 87.5 Å². The number of hydrogen-bond acceptors (Lipinski definition) is 18. The largest absolute Gasteiger partial charge is 0.481 e. The molecule has 38 heteroatoms. The van der Waals surface area contributed by atoms with Crippen molar-refractivity contribution < 1.29 is 62.6 Å². The third kappa shape index (κ3) is 37.7. The summed E-state index contributed by atoms with van der Waals surface area (Å²) in [6, 6.07) is 0.490. The van der Waals surface area contributed by atoms with Gasteiger partial charge in [0, 0.05) is 137 Å². The van der Waals surface area contributed by atoms with Crippen molar-refractivity contribution in [2.24, 2.45) is 134 Å². The van der Waals surface area contributed by atoms with E-state index in [1.165, 1.54) is 6.92 Å². The molecule has 1 heterocycles. The number of benzene rings is 1. The number of rotatable bonds is 56. The number of carbonyl (C=O) groups is 12. The highest BCUT2D eigenvalue weighted by Gasteiger charge is 2.37. The van der Waals surface area contributed by atoms with Gasteiger partial charge in [0.15, 0.2) is 64.7 Å². The number of hydrogen-bond donors (Lipinski definition) is 20. The summed E-state index contributed by atoms with van der Waals surface area (Å²) in [6.07, 6.45) is -1.45. The number of nitrogens with zero attached hydrogens (tertiary/aromatic N) is 6. The molecule has 6 amide bonds. The summed E-state index contributed by atoms with van der Waals surface area (Å²) in [7, 11) is 0. The lowest BCUT2D eigenvalue weighted by molar-refractivity contribution is -0.139. The first kappa shape index (κ1) is 90.1. The van der Waals surface area contributed by atoms with Crippen molar-refractivity contribution in [1.82, 2.24) is 31.6 Å². The molecule has 38 nitrogen and oxygen atoms in total. The van der Waals surface area contributed by atoms with Crippen LogP contribution in [0.25, 0.3) is 10.9 Å². The summed E-state index contributed by atoms with van der Waals surface area (Å²) in [5.74, 6) is -16.0. The minimum absolute atomic E-state index is 0.0136. The van der Waals surface area contributed by atoms with Crippen LogP contribution in [0.15, 0.2) is 60.4 Å². The first-order valence-corrected chi connectivity index (χ1v) is 35.1. The molecule has 33 N–H and O–H groups in total. The Labute approximate surface area is 610 Å². The maximum Gasteiger partial charge on any atom is 0.303 e. The molecule has 584 valence electrons. The van der Waals surface area contributed by atoms with Gasteiger partial charge in [-0.05, 0) is 108 Å². The standard InChI is InChI=1S/C67H113N25O13/c1-4-50(93)38(3)88-58(102)39(14-8-26-82-63(71)72)32-52(95)47(21-23-55(68)98)90-59(103)40(15-9-27-83-64(73)74)34-53(96)48(22-24-56(99)100)91-60(104)42(17-11-29-85-66(77)78)35-54(97)49(31-43-36-87-45-19-6-5-18-44(43)45)92-61(105)41(16-10-28-84-65(75)76)33-51(94)46(20-12-30-86-67(79)80)89-57(101)37(2)13-7-25-81-62(69)70/h5-6,18-19,36-42,46-49,87H,4,7-17,20-35H2,1-3H3,(H2,68,98)(H,88,102)(H,89,101)(H,90,103)(H,91,104)(H,92,105)(H,99,100)(H4,69,70,81)(H4,71,72,82)(H4,73,74,83)(H4,75,76,84)(H4,77,78,85)(H4,79,80,86)/t37-,38-,39+,40+,41+,42+,46-,47-,48-,49-/m0/s1.